The van der Waals surface area contributed by atoms with E-state index in [0.717, 1.165) is 43.4 Å². The molecule has 2 N–H and O–H groups in total. The average Bonchev–Trinajstić information content (AvgIpc) is 3.35. The van der Waals surface area contributed by atoms with Crippen molar-refractivity contribution in [3.63, 3.8) is 0 Å². The van der Waals surface area contributed by atoms with Crippen LogP contribution in [0.25, 0.3) is 10.9 Å². The first-order chi connectivity index (χ1) is 16.4. The number of nitrogens with one attached hydrogen (secondary N) is 2. The van der Waals surface area contributed by atoms with Crippen molar-refractivity contribution in [2.75, 3.05) is 19.6 Å². The number of nitrogens with zero attached hydrogens (tertiary/aromatic N) is 3. The summed E-state index contributed by atoms with van der Waals surface area (Å²) >= 11 is 0. The fraction of sp³-hybridized carbons (Fsp3) is 0.462. The van der Waals surface area contributed by atoms with Crippen molar-refractivity contribution >= 4 is 28.6 Å². The molecular formula is C26H31N5O3. The molecule has 34 heavy (non-hydrogen) atoms. The monoisotopic (exact) mass is 461 g/mol. The lowest BCUT2D eigenvalue weighted by Gasteiger charge is -2.35. The lowest BCUT2D eigenvalue weighted by molar-refractivity contribution is -0.127. The Balaban J connectivity index is 1.18. The van der Waals surface area contributed by atoms with Crippen LogP contribution in [0.2, 0.25) is 0 Å². The molecule has 1 aliphatic carbocycles. The van der Waals surface area contributed by atoms with Crippen molar-refractivity contribution < 1.29 is 14.4 Å². The number of likely N-dealkylation sites (tertiary alicyclic amines) is 1. The fourth-order valence-electron chi connectivity index (χ4n) is 5.42. The Morgan fingerprint density at radius 1 is 1.21 bits per heavy atom. The van der Waals surface area contributed by atoms with Crippen LogP contribution in [0.5, 0.6) is 0 Å². The maximum absolute atomic E-state index is 13.1. The Hall–Kier alpha value is -3.26. The number of rotatable bonds is 6. The molecule has 8 heteroatoms. The van der Waals surface area contributed by atoms with Crippen LogP contribution < -0.4 is 10.6 Å². The molecule has 178 valence electrons. The second-order valence-electron chi connectivity index (χ2n) is 9.82. The standard InChI is InChI=1S/C26H31N5O3/c1-17(2)31-21-9-4-3-7-19(21)22(29-31)24(33)27-18-10-14-30(15-11-18)16-13-26-12-6-5-8-20(26)23(32)28-25(26)34/h3-9,12,17-18,20H,10-11,13-16H2,1-2H3,(H,27,33)(H,28,32,34). The Kier molecular flexibility index (Phi) is 5.85. The van der Waals surface area contributed by atoms with Gasteiger partial charge in [-0.15, -0.1) is 0 Å². The van der Waals surface area contributed by atoms with E-state index in [9.17, 15) is 14.4 Å². The van der Waals surface area contributed by atoms with Crippen LogP contribution in [-0.2, 0) is 9.59 Å². The summed E-state index contributed by atoms with van der Waals surface area (Å²) in [7, 11) is 0. The van der Waals surface area contributed by atoms with Gasteiger partial charge in [-0.2, -0.15) is 5.10 Å². The van der Waals surface area contributed by atoms with Gasteiger partial charge in [-0.1, -0.05) is 42.5 Å². The fourth-order valence-corrected chi connectivity index (χ4v) is 5.42. The molecule has 2 unspecified atom stereocenters. The van der Waals surface area contributed by atoms with Gasteiger partial charge < -0.3 is 10.2 Å². The Bertz CT molecular complexity index is 1190. The molecule has 0 radical (unpaired) electrons. The van der Waals surface area contributed by atoms with Crippen molar-refractivity contribution in [3.05, 3.63) is 54.3 Å². The summed E-state index contributed by atoms with van der Waals surface area (Å²) in [6.07, 6.45) is 9.69. The molecule has 2 saturated heterocycles. The predicted octanol–water partition coefficient (Wildman–Crippen LogP) is 2.59. The molecule has 1 aromatic carbocycles. The van der Waals surface area contributed by atoms with Crippen molar-refractivity contribution in [2.45, 2.75) is 45.2 Å². The molecule has 1 aromatic heterocycles. The van der Waals surface area contributed by atoms with Crippen LogP contribution in [0.4, 0.5) is 0 Å². The lowest BCUT2D eigenvalue weighted by atomic mass is 9.72. The molecule has 0 saturated carbocycles. The minimum absolute atomic E-state index is 0.0893. The topological polar surface area (TPSA) is 96.3 Å². The predicted molar refractivity (Wildman–Crippen MR) is 129 cm³/mol. The van der Waals surface area contributed by atoms with E-state index in [2.05, 4.69) is 34.5 Å². The summed E-state index contributed by atoms with van der Waals surface area (Å²) < 4.78 is 1.90. The van der Waals surface area contributed by atoms with Crippen molar-refractivity contribution in [1.29, 1.82) is 0 Å². The normalized spacial score (nSPS) is 25.2. The van der Waals surface area contributed by atoms with Crippen LogP contribution in [0.3, 0.4) is 0 Å². The lowest BCUT2D eigenvalue weighted by Crippen LogP contribution is -2.46. The highest BCUT2D eigenvalue weighted by Gasteiger charge is 2.52. The van der Waals surface area contributed by atoms with Crippen LogP contribution >= 0.6 is 0 Å². The van der Waals surface area contributed by atoms with E-state index in [1.54, 1.807) is 0 Å². The van der Waals surface area contributed by atoms with E-state index >= 15 is 0 Å². The third-order valence-corrected chi connectivity index (χ3v) is 7.39. The quantitative estimate of drug-likeness (QED) is 0.645. The van der Waals surface area contributed by atoms with Crippen molar-refractivity contribution in [1.82, 2.24) is 25.3 Å². The molecule has 2 fully saturated rings. The molecule has 2 aliphatic heterocycles. The first kappa shape index (κ1) is 22.5. The van der Waals surface area contributed by atoms with Gasteiger partial charge in [0, 0.05) is 30.6 Å². The Morgan fingerprint density at radius 3 is 2.74 bits per heavy atom. The minimum atomic E-state index is -0.771. The van der Waals surface area contributed by atoms with Gasteiger partial charge in [0.15, 0.2) is 5.69 Å². The first-order valence-electron chi connectivity index (χ1n) is 12.1. The number of piperidine rings is 1. The van der Waals surface area contributed by atoms with E-state index in [1.165, 1.54) is 0 Å². The molecular weight excluding hydrogens is 430 g/mol. The largest absolute Gasteiger partial charge is 0.348 e. The zero-order chi connectivity index (χ0) is 23.9. The number of carbonyl (C=O) groups excluding carboxylic acids is 3. The molecule has 5 rings (SSSR count). The van der Waals surface area contributed by atoms with Gasteiger partial charge in [-0.05, 0) is 45.7 Å². The molecule has 2 atom stereocenters. The minimum Gasteiger partial charge on any atom is -0.348 e. The van der Waals surface area contributed by atoms with Gasteiger partial charge in [-0.3, -0.25) is 24.4 Å². The maximum Gasteiger partial charge on any atom is 0.272 e. The third-order valence-electron chi connectivity index (χ3n) is 7.39. The number of allylic oxidation sites excluding steroid dienone is 2. The van der Waals surface area contributed by atoms with E-state index in [1.807, 2.05) is 53.3 Å². The number of para-hydroxylation sites is 1. The number of amides is 3. The number of aromatic nitrogens is 2. The molecule has 3 aliphatic rings. The number of hydrogen-bond acceptors (Lipinski definition) is 5. The Morgan fingerprint density at radius 2 is 1.97 bits per heavy atom. The number of imide groups is 1. The molecule has 2 aromatic rings. The van der Waals surface area contributed by atoms with Crippen LogP contribution in [-0.4, -0.2) is 58.1 Å². The smallest absolute Gasteiger partial charge is 0.272 e. The highest BCUT2D eigenvalue weighted by Crippen LogP contribution is 2.41. The van der Waals surface area contributed by atoms with Gasteiger partial charge in [0.25, 0.3) is 5.91 Å². The summed E-state index contributed by atoms with van der Waals surface area (Å²) in [5.74, 6) is -0.948. The van der Waals surface area contributed by atoms with Crippen molar-refractivity contribution in [3.8, 4) is 0 Å². The summed E-state index contributed by atoms with van der Waals surface area (Å²) in [6.45, 7) is 6.52. The average molecular weight is 462 g/mol. The summed E-state index contributed by atoms with van der Waals surface area (Å²) in [4.78, 5) is 40.1. The van der Waals surface area contributed by atoms with Crippen LogP contribution in [0.1, 0.15) is 49.6 Å². The third kappa shape index (κ3) is 3.86. The molecule has 3 heterocycles. The number of hydrogen-bond donors (Lipinski definition) is 2. The van der Waals surface area contributed by atoms with Gasteiger partial charge in [0.2, 0.25) is 11.8 Å². The first-order valence-corrected chi connectivity index (χ1v) is 12.1. The zero-order valence-corrected chi connectivity index (χ0v) is 19.7. The van der Waals surface area contributed by atoms with Crippen LogP contribution in [0.15, 0.2) is 48.6 Å². The number of fused-ring (bicyclic) bond motifs is 2. The number of benzene rings is 1. The van der Waals surface area contributed by atoms with Gasteiger partial charge in [0.05, 0.1) is 16.8 Å². The maximum atomic E-state index is 13.1. The summed E-state index contributed by atoms with van der Waals surface area (Å²) in [5.41, 5.74) is 0.676. The summed E-state index contributed by atoms with van der Waals surface area (Å²) in [6, 6.07) is 8.10. The van der Waals surface area contributed by atoms with Crippen molar-refractivity contribution in [2.24, 2.45) is 11.3 Å². The Labute approximate surface area is 199 Å². The molecule has 0 bridgehead atoms. The van der Waals surface area contributed by atoms with Gasteiger partial charge >= 0.3 is 0 Å². The SMILES string of the molecule is CC(C)n1nc(C(=O)NC2CCN(CCC34C=CC=CC3C(=O)NC4=O)CC2)c2ccccc21. The zero-order valence-electron chi connectivity index (χ0n) is 19.7. The number of carbonyl (C=O) groups is 3. The summed E-state index contributed by atoms with van der Waals surface area (Å²) in [5, 5.41) is 11.2. The van der Waals surface area contributed by atoms with E-state index < -0.39 is 11.3 Å². The van der Waals surface area contributed by atoms with Gasteiger partial charge in [0.1, 0.15) is 0 Å². The highest BCUT2D eigenvalue weighted by molar-refractivity contribution is 6.09. The highest BCUT2D eigenvalue weighted by atomic mass is 16.2. The van der Waals surface area contributed by atoms with Gasteiger partial charge in [-0.25, -0.2) is 0 Å². The van der Waals surface area contributed by atoms with Crippen LogP contribution in [0, 0.1) is 11.3 Å². The second-order valence-corrected chi connectivity index (χ2v) is 9.82. The molecule has 0 spiro atoms. The molecule has 8 nitrogen and oxygen atoms in total. The van der Waals surface area contributed by atoms with E-state index in [-0.39, 0.29) is 29.8 Å². The van der Waals surface area contributed by atoms with E-state index in [4.69, 9.17) is 0 Å². The second kappa shape index (κ2) is 8.83. The molecule has 3 amide bonds. The van der Waals surface area contributed by atoms with E-state index in [0.29, 0.717) is 12.1 Å².